The van der Waals surface area contributed by atoms with E-state index < -0.39 is 0 Å². The van der Waals surface area contributed by atoms with Crippen molar-refractivity contribution in [3.8, 4) is 0 Å². The Morgan fingerprint density at radius 2 is 1.96 bits per heavy atom. The van der Waals surface area contributed by atoms with Crippen LogP contribution in [0, 0.1) is 13.8 Å². The molecule has 5 nitrogen and oxygen atoms in total. The van der Waals surface area contributed by atoms with E-state index in [9.17, 15) is 0 Å². The SMILES string of the molecule is CN=C(NCc1sc(C)nc1C)NCC(C)N(C)Cc1ccccc1. The van der Waals surface area contributed by atoms with E-state index in [1.54, 1.807) is 18.4 Å². The summed E-state index contributed by atoms with van der Waals surface area (Å²) in [6, 6.07) is 10.9. The third-order valence-corrected chi connectivity index (χ3v) is 5.30. The highest BCUT2D eigenvalue weighted by molar-refractivity contribution is 7.11. The first kappa shape index (κ1) is 19.4. The van der Waals surface area contributed by atoms with Gasteiger partial charge in [0.25, 0.3) is 0 Å². The Kier molecular flexibility index (Phi) is 7.40. The maximum atomic E-state index is 4.46. The van der Waals surface area contributed by atoms with Crippen LogP contribution in [0.5, 0.6) is 0 Å². The van der Waals surface area contributed by atoms with Gasteiger partial charge in [0.2, 0.25) is 0 Å². The van der Waals surface area contributed by atoms with Crippen LogP contribution >= 0.6 is 11.3 Å². The van der Waals surface area contributed by atoms with Gasteiger partial charge in [-0.1, -0.05) is 30.3 Å². The van der Waals surface area contributed by atoms with E-state index in [0.717, 1.165) is 36.3 Å². The molecule has 0 fully saturated rings. The van der Waals surface area contributed by atoms with E-state index in [1.807, 2.05) is 6.92 Å². The largest absolute Gasteiger partial charge is 0.355 e. The zero-order chi connectivity index (χ0) is 18.2. The fraction of sp³-hybridized carbons (Fsp3) is 0.474. The molecule has 0 aliphatic carbocycles. The molecule has 0 spiro atoms. The molecule has 0 aliphatic rings. The average Bonchev–Trinajstić information content (AvgIpc) is 2.93. The Morgan fingerprint density at radius 3 is 2.56 bits per heavy atom. The Hall–Kier alpha value is -1.92. The molecule has 0 saturated carbocycles. The fourth-order valence-electron chi connectivity index (χ4n) is 2.55. The summed E-state index contributed by atoms with van der Waals surface area (Å²) in [6.45, 7) is 8.85. The average molecular weight is 360 g/mol. The Morgan fingerprint density at radius 1 is 1.24 bits per heavy atom. The van der Waals surface area contributed by atoms with Crippen LogP contribution in [0.2, 0.25) is 0 Å². The Labute approximate surface area is 155 Å². The summed E-state index contributed by atoms with van der Waals surface area (Å²) in [4.78, 5) is 12.4. The number of guanidine groups is 1. The summed E-state index contributed by atoms with van der Waals surface area (Å²) in [5, 5.41) is 7.89. The van der Waals surface area contributed by atoms with Gasteiger partial charge in [0.15, 0.2) is 5.96 Å². The molecule has 1 aromatic carbocycles. The lowest BCUT2D eigenvalue weighted by Gasteiger charge is -2.25. The summed E-state index contributed by atoms with van der Waals surface area (Å²) < 4.78 is 0. The zero-order valence-corrected chi connectivity index (χ0v) is 16.7. The predicted octanol–water partition coefficient (Wildman–Crippen LogP) is 2.95. The highest BCUT2D eigenvalue weighted by atomic mass is 32.1. The number of nitrogens with zero attached hydrogens (tertiary/aromatic N) is 3. The molecule has 0 radical (unpaired) electrons. The maximum Gasteiger partial charge on any atom is 0.191 e. The second-order valence-corrected chi connectivity index (χ2v) is 7.59. The van der Waals surface area contributed by atoms with Crippen LogP contribution in [0.15, 0.2) is 35.3 Å². The molecule has 0 amide bonds. The van der Waals surface area contributed by atoms with Gasteiger partial charge in [0.1, 0.15) is 0 Å². The third kappa shape index (κ3) is 6.14. The van der Waals surface area contributed by atoms with Crippen molar-refractivity contribution >= 4 is 17.3 Å². The van der Waals surface area contributed by atoms with Crippen LogP contribution in [-0.2, 0) is 13.1 Å². The summed E-state index contributed by atoms with van der Waals surface area (Å²) in [6.07, 6.45) is 0. The van der Waals surface area contributed by atoms with Crippen molar-refractivity contribution in [2.24, 2.45) is 4.99 Å². The van der Waals surface area contributed by atoms with Crippen LogP contribution in [0.25, 0.3) is 0 Å². The standard InChI is InChI=1S/C19H29N5S/c1-14(24(5)13-17-9-7-6-8-10-17)11-21-19(20-4)22-12-18-15(2)23-16(3)25-18/h6-10,14H,11-13H2,1-5H3,(H2,20,21,22). The van der Waals surface area contributed by atoms with E-state index >= 15 is 0 Å². The predicted molar refractivity (Wildman–Crippen MR) is 107 cm³/mol. The van der Waals surface area contributed by atoms with Gasteiger partial charge in [-0.2, -0.15) is 0 Å². The molecule has 6 heteroatoms. The minimum absolute atomic E-state index is 0.395. The number of hydrogen-bond donors (Lipinski definition) is 2. The second-order valence-electron chi connectivity index (χ2n) is 6.30. The minimum atomic E-state index is 0.395. The zero-order valence-electron chi connectivity index (χ0n) is 15.8. The lowest BCUT2D eigenvalue weighted by molar-refractivity contribution is 0.249. The van der Waals surface area contributed by atoms with E-state index in [1.165, 1.54) is 10.4 Å². The number of hydrogen-bond acceptors (Lipinski definition) is 4. The molecule has 0 saturated heterocycles. The van der Waals surface area contributed by atoms with Crippen LogP contribution < -0.4 is 10.6 Å². The van der Waals surface area contributed by atoms with Gasteiger partial charge in [-0.3, -0.25) is 9.89 Å². The molecule has 25 heavy (non-hydrogen) atoms. The van der Waals surface area contributed by atoms with Crippen molar-refractivity contribution < 1.29 is 0 Å². The first-order valence-electron chi connectivity index (χ1n) is 8.61. The van der Waals surface area contributed by atoms with Crippen molar-refractivity contribution in [3.63, 3.8) is 0 Å². The number of aromatic nitrogens is 1. The van der Waals surface area contributed by atoms with Gasteiger partial charge in [-0.05, 0) is 33.4 Å². The molecule has 0 bridgehead atoms. The van der Waals surface area contributed by atoms with E-state index in [4.69, 9.17) is 0 Å². The normalized spacial score (nSPS) is 13.1. The van der Waals surface area contributed by atoms with Crippen LogP contribution in [0.3, 0.4) is 0 Å². The van der Waals surface area contributed by atoms with Gasteiger partial charge in [0, 0.05) is 31.1 Å². The molecular formula is C19H29N5S. The van der Waals surface area contributed by atoms with Gasteiger partial charge < -0.3 is 10.6 Å². The maximum absolute atomic E-state index is 4.46. The van der Waals surface area contributed by atoms with E-state index in [-0.39, 0.29) is 0 Å². The van der Waals surface area contributed by atoms with Gasteiger partial charge in [-0.15, -0.1) is 11.3 Å². The van der Waals surface area contributed by atoms with Gasteiger partial charge in [0.05, 0.1) is 17.2 Å². The minimum Gasteiger partial charge on any atom is -0.355 e. The number of likely N-dealkylation sites (N-methyl/N-ethyl adjacent to an activating group) is 1. The number of thiazole rings is 1. The molecule has 1 heterocycles. The lowest BCUT2D eigenvalue weighted by Crippen LogP contribution is -2.44. The number of aryl methyl sites for hydroxylation is 2. The second kappa shape index (κ2) is 9.53. The quantitative estimate of drug-likeness (QED) is 0.589. The third-order valence-electron chi connectivity index (χ3n) is 4.23. The number of rotatable bonds is 7. The Balaban J connectivity index is 1.78. The molecule has 136 valence electrons. The summed E-state index contributed by atoms with van der Waals surface area (Å²) in [5.41, 5.74) is 2.43. The smallest absolute Gasteiger partial charge is 0.191 e. The highest BCUT2D eigenvalue weighted by Gasteiger charge is 2.11. The molecule has 0 aliphatic heterocycles. The van der Waals surface area contributed by atoms with Crippen molar-refractivity contribution in [1.29, 1.82) is 0 Å². The summed E-state index contributed by atoms with van der Waals surface area (Å²) >= 11 is 1.73. The number of nitrogens with one attached hydrogen (secondary N) is 2. The highest BCUT2D eigenvalue weighted by Crippen LogP contribution is 2.16. The van der Waals surface area contributed by atoms with Crippen molar-refractivity contribution in [1.82, 2.24) is 20.5 Å². The molecule has 1 aromatic heterocycles. The molecule has 2 aromatic rings. The first-order valence-corrected chi connectivity index (χ1v) is 9.42. The molecule has 2 N–H and O–H groups in total. The topological polar surface area (TPSA) is 52.6 Å². The van der Waals surface area contributed by atoms with E-state index in [0.29, 0.717) is 6.04 Å². The van der Waals surface area contributed by atoms with Crippen molar-refractivity contribution in [2.75, 3.05) is 20.6 Å². The summed E-state index contributed by atoms with van der Waals surface area (Å²) in [5.74, 6) is 0.824. The monoisotopic (exact) mass is 359 g/mol. The molecule has 1 unspecified atom stereocenters. The van der Waals surface area contributed by atoms with Crippen molar-refractivity contribution in [2.45, 2.75) is 39.9 Å². The van der Waals surface area contributed by atoms with Crippen LogP contribution in [-0.4, -0.2) is 42.5 Å². The molecule has 2 rings (SSSR count). The number of aliphatic imine (C=N–C) groups is 1. The van der Waals surface area contributed by atoms with Crippen molar-refractivity contribution in [3.05, 3.63) is 51.5 Å². The number of benzene rings is 1. The Bertz CT molecular complexity index is 680. The fourth-order valence-corrected chi connectivity index (χ4v) is 3.43. The molecule has 1 atom stereocenters. The van der Waals surface area contributed by atoms with Crippen LogP contribution in [0.1, 0.15) is 28.1 Å². The summed E-state index contributed by atoms with van der Waals surface area (Å²) in [7, 11) is 3.96. The first-order chi connectivity index (χ1) is 12.0. The molecular weight excluding hydrogens is 330 g/mol. The van der Waals surface area contributed by atoms with Crippen LogP contribution in [0.4, 0.5) is 0 Å². The van der Waals surface area contributed by atoms with E-state index in [2.05, 4.69) is 76.7 Å². The lowest BCUT2D eigenvalue weighted by atomic mass is 10.2. The van der Waals surface area contributed by atoms with Gasteiger partial charge in [-0.25, -0.2) is 4.98 Å². The van der Waals surface area contributed by atoms with Gasteiger partial charge >= 0.3 is 0 Å².